The Morgan fingerprint density at radius 1 is 0.970 bits per heavy atom. The molecule has 5 rings (SSSR count). The molecule has 1 aliphatic carbocycles. The van der Waals surface area contributed by atoms with Crippen LogP contribution in [-0.4, -0.2) is 32.3 Å². The van der Waals surface area contributed by atoms with Crippen molar-refractivity contribution in [1.29, 1.82) is 0 Å². The van der Waals surface area contributed by atoms with Crippen LogP contribution in [0.4, 0.5) is 5.88 Å². The molecule has 0 saturated heterocycles. The summed E-state index contributed by atoms with van der Waals surface area (Å²) >= 11 is 0. The fourth-order valence-electron chi connectivity index (χ4n) is 4.95. The smallest absolute Gasteiger partial charge is 0.233 e. The summed E-state index contributed by atoms with van der Waals surface area (Å²) in [5.41, 5.74) is 5.23. The molecule has 0 bridgehead atoms. The van der Waals surface area contributed by atoms with Gasteiger partial charge in [-0.1, -0.05) is 23.4 Å². The summed E-state index contributed by atoms with van der Waals surface area (Å²) in [5, 5.41) is 7.56. The lowest BCUT2D eigenvalue weighted by Gasteiger charge is -2.35. The minimum atomic E-state index is -0.326. The summed E-state index contributed by atoms with van der Waals surface area (Å²) in [5.74, 6) is 2.58. The molecule has 7 heteroatoms. The van der Waals surface area contributed by atoms with E-state index >= 15 is 0 Å². The van der Waals surface area contributed by atoms with Gasteiger partial charge in [-0.3, -0.25) is 4.79 Å². The largest absolute Gasteiger partial charge is 0.497 e. The SMILES string of the molecule is COc1ccc(C2CC(=O)C3=C(C2)Nc2onc(C)c2C3c2ccc(OC)cc2OC)cc1. The van der Waals surface area contributed by atoms with Crippen molar-refractivity contribution in [2.75, 3.05) is 26.6 Å². The van der Waals surface area contributed by atoms with Crippen LogP contribution in [-0.2, 0) is 4.79 Å². The molecule has 1 N–H and O–H groups in total. The Kier molecular flexibility index (Phi) is 5.32. The lowest BCUT2D eigenvalue weighted by molar-refractivity contribution is -0.116. The van der Waals surface area contributed by atoms with Crippen LogP contribution in [0, 0.1) is 6.92 Å². The van der Waals surface area contributed by atoms with Crippen LogP contribution in [0.15, 0.2) is 58.3 Å². The zero-order valence-electron chi connectivity index (χ0n) is 19.1. The van der Waals surface area contributed by atoms with E-state index in [1.807, 2.05) is 49.4 Å². The van der Waals surface area contributed by atoms with E-state index in [0.717, 1.165) is 39.4 Å². The number of benzene rings is 2. The minimum Gasteiger partial charge on any atom is -0.497 e. The predicted octanol–water partition coefficient (Wildman–Crippen LogP) is 4.97. The van der Waals surface area contributed by atoms with Gasteiger partial charge in [0.2, 0.25) is 5.88 Å². The van der Waals surface area contributed by atoms with Crippen molar-refractivity contribution in [3.05, 3.63) is 76.1 Å². The number of ether oxygens (including phenoxy) is 3. The number of aryl methyl sites for hydroxylation is 1. The van der Waals surface area contributed by atoms with E-state index in [0.29, 0.717) is 30.2 Å². The van der Waals surface area contributed by atoms with Gasteiger partial charge in [-0.2, -0.15) is 0 Å². The summed E-state index contributed by atoms with van der Waals surface area (Å²) in [6, 6.07) is 13.6. The maximum atomic E-state index is 13.6. The first-order chi connectivity index (χ1) is 16.0. The van der Waals surface area contributed by atoms with E-state index < -0.39 is 0 Å². The number of allylic oxidation sites excluding steroid dienone is 2. The Labute approximate surface area is 192 Å². The van der Waals surface area contributed by atoms with Crippen molar-refractivity contribution in [2.24, 2.45) is 0 Å². The number of Topliss-reactive ketones (excluding diaryl/α,β-unsaturated/α-hetero) is 1. The van der Waals surface area contributed by atoms with Crippen molar-refractivity contribution >= 4 is 11.7 Å². The molecule has 2 atom stereocenters. The van der Waals surface area contributed by atoms with E-state index in [4.69, 9.17) is 18.7 Å². The molecule has 2 heterocycles. The van der Waals surface area contributed by atoms with Crippen molar-refractivity contribution in [3.8, 4) is 17.2 Å². The maximum absolute atomic E-state index is 13.6. The molecule has 1 aliphatic heterocycles. The molecule has 0 amide bonds. The fraction of sp³-hybridized carbons (Fsp3) is 0.308. The van der Waals surface area contributed by atoms with Gasteiger partial charge in [-0.05, 0) is 43.0 Å². The lowest BCUT2D eigenvalue weighted by Crippen LogP contribution is -2.29. The molecule has 33 heavy (non-hydrogen) atoms. The maximum Gasteiger partial charge on any atom is 0.233 e. The number of aromatic nitrogens is 1. The van der Waals surface area contributed by atoms with Gasteiger partial charge in [0, 0.05) is 29.3 Å². The average Bonchev–Trinajstić information content (AvgIpc) is 3.22. The number of methoxy groups -OCH3 is 3. The highest BCUT2D eigenvalue weighted by molar-refractivity contribution is 6.01. The second-order valence-electron chi connectivity index (χ2n) is 8.37. The van der Waals surface area contributed by atoms with E-state index in [9.17, 15) is 4.79 Å². The zero-order valence-corrected chi connectivity index (χ0v) is 19.1. The molecule has 0 fully saturated rings. The summed E-state index contributed by atoms with van der Waals surface area (Å²) in [4.78, 5) is 13.6. The van der Waals surface area contributed by atoms with Gasteiger partial charge in [0.15, 0.2) is 5.78 Å². The predicted molar refractivity (Wildman–Crippen MR) is 123 cm³/mol. The molecular weight excluding hydrogens is 420 g/mol. The van der Waals surface area contributed by atoms with Gasteiger partial charge in [0.05, 0.1) is 38.5 Å². The van der Waals surface area contributed by atoms with Crippen molar-refractivity contribution < 1.29 is 23.5 Å². The quantitative estimate of drug-likeness (QED) is 0.593. The molecule has 2 aliphatic rings. The molecule has 0 radical (unpaired) electrons. The first-order valence-corrected chi connectivity index (χ1v) is 10.9. The molecule has 7 nitrogen and oxygen atoms in total. The van der Waals surface area contributed by atoms with Crippen LogP contribution < -0.4 is 19.5 Å². The minimum absolute atomic E-state index is 0.0682. The topological polar surface area (TPSA) is 82.8 Å². The number of carbonyl (C=O) groups excluding carboxylic acids is 1. The number of hydrogen-bond acceptors (Lipinski definition) is 7. The Morgan fingerprint density at radius 2 is 1.70 bits per heavy atom. The average molecular weight is 447 g/mol. The van der Waals surface area contributed by atoms with Crippen LogP contribution in [0.3, 0.4) is 0 Å². The zero-order chi connectivity index (χ0) is 23.1. The highest BCUT2D eigenvalue weighted by Crippen LogP contribution is 2.51. The Bertz CT molecular complexity index is 1240. The summed E-state index contributed by atoms with van der Waals surface area (Å²) < 4.78 is 22.0. The molecule has 170 valence electrons. The van der Waals surface area contributed by atoms with Crippen molar-refractivity contribution in [3.63, 3.8) is 0 Å². The summed E-state index contributed by atoms with van der Waals surface area (Å²) in [6.45, 7) is 1.89. The van der Waals surface area contributed by atoms with Crippen LogP contribution in [0.5, 0.6) is 17.2 Å². The number of nitrogens with one attached hydrogen (secondary N) is 1. The van der Waals surface area contributed by atoms with Gasteiger partial charge in [-0.25, -0.2) is 0 Å². The number of anilines is 1. The highest BCUT2D eigenvalue weighted by Gasteiger charge is 2.42. The van der Waals surface area contributed by atoms with Crippen LogP contribution in [0.2, 0.25) is 0 Å². The third-order valence-corrected chi connectivity index (χ3v) is 6.60. The number of ketones is 1. The van der Waals surface area contributed by atoms with Gasteiger partial charge in [-0.15, -0.1) is 0 Å². The van der Waals surface area contributed by atoms with E-state index in [1.54, 1.807) is 21.3 Å². The van der Waals surface area contributed by atoms with Gasteiger partial charge >= 0.3 is 0 Å². The van der Waals surface area contributed by atoms with Gasteiger partial charge in [0.25, 0.3) is 0 Å². The first kappa shape index (κ1) is 21.1. The second-order valence-corrected chi connectivity index (χ2v) is 8.37. The fourth-order valence-corrected chi connectivity index (χ4v) is 4.95. The second kappa shape index (κ2) is 8.31. The van der Waals surface area contributed by atoms with E-state index in [-0.39, 0.29) is 17.6 Å². The summed E-state index contributed by atoms with van der Waals surface area (Å²) in [7, 11) is 4.89. The van der Waals surface area contributed by atoms with Crippen LogP contribution >= 0.6 is 0 Å². The third kappa shape index (κ3) is 3.53. The van der Waals surface area contributed by atoms with E-state index in [1.165, 1.54) is 0 Å². The molecule has 0 spiro atoms. The Morgan fingerprint density at radius 3 is 2.39 bits per heavy atom. The van der Waals surface area contributed by atoms with Crippen LogP contribution in [0.25, 0.3) is 0 Å². The monoisotopic (exact) mass is 446 g/mol. The van der Waals surface area contributed by atoms with Gasteiger partial charge < -0.3 is 24.1 Å². The third-order valence-electron chi connectivity index (χ3n) is 6.60. The molecule has 0 saturated carbocycles. The van der Waals surface area contributed by atoms with E-state index in [2.05, 4.69) is 10.5 Å². The number of hydrogen-bond donors (Lipinski definition) is 1. The lowest BCUT2D eigenvalue weighted by atomic mass is 9.72. The number of rotatable bonds is 5. The number of fused-ring (bicyclic) bond motifs is 1. The number of nitrogens with zero attached hydrogens (tertiary/aromatic N) is 1. The van der Waals surface area contributed by atoms with Gasteiger partial charge in [0.1, 0.15) is 17.2 Å². The Hall–Kier alpha value is -3.74. The standard InChI is InChI=1S/C26H26N2O5/c1-14-23-24(19-10-9-18(31-3)13-22(19)32-4)25-20(27-26(23)33-28-14)11-16(12-21(25)29)15-5-7-17(30-2)8-6-15/h5-10,13,16,24,27H,11-12H2,1-4H3. The highest BCUT2D eigenvalue weighted by atomic mass is 16.5. The molecule has 2 aromatic carbocycles. The summed E-state index contributed by atoms with van der Waals surface area (Å²) in [6.07, 6.45) is 1.13. The van der Waals surface area contributed by atoms with Crippen LogP contribution in [0.1, 0.15) is 47.1 Å². The molecule has 1 aromatic heterocycles. The normalized spacial score (nSPS) is 19.5. The number of carbonyl (C=O) groups is 1. The molecule has 2 unspecified atom stereocenters. The first-order valence-electron chi connectivity index (χ1n) is 10.9. The Balaban J connectivity index is 1.61. The van der Waals surface area contributed by atoms with Crippen molar-refractivity contribution in [1.82, 2.24) is 5.16 Å². The van der Waals surface area contributed by atoms with Crippen molar-refractivity contribution in [2.45, 2.75) is 31.6 Å². The molecule has 3 aromatic rings. The molecular formula is C26H26N2O5.